The Labute approximate surface area is 179 Å². The molecule has 0 bridgehead atoms. The molecule has 0 spiro atoms. The molecule has 1 aromatic heterocycles. The van der Waals surface area contributed by atoms with E-state index in [1.54, 1.807) is 24.3 Å². The van der Waals surface area contributed by atoms with Gasteiger partial charge in [0.25, 0.3) is 5.91 Å². The number of carbonyl (C=O) groups excluding carboxylic acids is 2. The van der Waals surface area contributed by atoms with E-state index in [-0.39, 0.29) is 17.1 Å². The zero-order valence-electron chi connectivity index (χ0n) is 16.1. The number of hydrogen-bond acceptors (Lipinski definition) is 5. The molecule has 2 aromatic rings. The van der Waals surface area contributed by atoms with E-state index in [1.165, 1.54) is 29.5 Å². The first-order valence-corrected chi connectivity index (χ1v) is 11.6. The summed E-state index contributed by atoms with van der Waals surface area (Å²) < 4.78 is 2.27. The van der Waals surface area contributed by atoms with Gasteiger partial charge in [-0.15, -0.1) is 10.2 Å². The van der Waals surface area contributed by atoms with Gasteiger partial charge in [-0.05, 0) is 62.8 Å². The van der Waals surface area contributed by atoms with E-state index in [0.717, 1.165) is 43.1 Å². The van der Waals surface area contributed by atoms with Crippen LogP contribution in [0.15, 0.2) is 29.4 Å². The Bertz CT molecular complexity index is 937. The zero-order chi connectivity index (χ0) is 20.0. The molecular weight excluding hydrogens is 408 g/mol. The van der Waals surface area contributed by atoms with Gasteiger partial charge in [0, 0.05) is 29.1 Å². The number of likely N-dealkylation sites (tertiary alicyclic amines) is 1. The van der Waals surface area contributed by atoms with Crippen molar-refractivity contribution >= 4 is 35.2 Å². The lowest BCUT2D eigenvalue weighted by Gasteiger charge is -2.22. The summed E-state index contributed by atoms with van der Waals surface area (Å²) >= 11 is 7.42. The third-order valence-electron chi connectivity index (χ3n) is 5.77. The summed E-state index contributed by atoms with van der Waals surface area (Å²) in [6.45, 7) is 0.458. The molecule has 1 saturated heterocycles. The molecule has 2 aliphatic carbocycles. The highest BCUT2D eigenvalue weighted by molar-refractivity contribution is 8.00. The summed E-state index contributed by atoms with van der Waals surface area (Å²) in [5.41, 5.74) is 0.491. The summed E-state index contributed by atoms with van der Waals surface area (Å²) in [6.07, 6.45) is 7.18. The topological polar surface area (TPSA) is 68.1 Å². The van der Waals surface area contributed by atoms with Crippen molar-refractivity contribution in [2.24, 2.45) is 0 Å². The summed E-state index contributed by atoms with van der Waals surface area (Å²) in [5, 5.41) is 10.0. The van der Waals surface area contributed by atoms with Crippen LogP contribution in [0.3, 0.4) is 0 Å². The van der Waals surface area contributed by atoms with E-state index in [9.17, 15) is 9.59 Å². The van der Waals surface area contributed by atoms with Crippen molar-refractivity contribution in [3.63, 3.8) is 0 Å². The normalized spacial score (nSPS) is 22.6. The standard InChI is InChI=1S/C21H23ClN4O2S/c22-15-8-6-14(7-9-15)19(27)25-12-2-1-3-17(20(25)28)29-21-24-23-18(13-4-5-13)26(21)16-10-11-16/h6-9,13,16-17H,1-5,10-12H2/t17-/m1/s1. The maximum absolute atomic E-state index is 13.3. The second kappa shape index (κ2) is 7.76. The number of nitrogens with zero attached hydrogens (tertiary/aromatic N) is 4. The molecule has 3 aliphatic rings. The molecule has 1 aliphatic heterocycles. The lowest BCUT2D eigenvalue weighted by Crippen LogP contribution is -2.41. The van der Waals surface area contributed by atoms with Crippen LogP contribution in [0.25, 0.3) is 0 Å². The minimum atomic E-state index is -0.303. The molecule has 6 nitrogen and oxygen atoms in total. The molecule has 2 heterocycles. The lowest BCUT2D eigenvalue weighted by atomic mass is 10.2. The predicted molar refractivity (Wildman–Crippen MR) is 111 cm³/mol. The largest absolute Gasteiger partial charge is 0.303 e. The van der Waals surface area contributed by atoms with Crippen molar-refractivity contribution in [1.82, 2.24) is 19.7 Å². The maximum Gasteiger partial charge on any atom is 0.260 e. The molecule has 8 heteroatoms. The number of rotatable bonds is 5. The van der Waals surface area contributed by atoms with Crippen LogP contribution < -0.4 is 0 Å². The molecule has 2 amide bonds. The molecule has 152 valence electrons. The Morgan fingerprint density at radius 2 is 1.79 bits per heavy atom. The average Bonchev–Trinajstić information content (AvgIpc) is 3.64. The number of aromatic nitrogens is 3. The Morgan fingerprint density at radius 1 is 1.03 bits per heavy atom. The average molecular weight is 431 g/mol. The van der Waals surface area contributed by atoms with E-state index in [0.29, 0.717) is 29.1 Å². The van der Waals surface area contributed by atoms with Crippen molar-refractivity contribution in [3.05, 3.63) is 40.7 Å². The van der Waals surface area contributed by atoms with E-state index in [4.69, 9.17) is 11.6 Å². The predicted octanol–water partition coefficient (Wildman–Crippen LogP) is 4.46. The minimum absolute atomic E-state index is 0.120. The van der Waals surface area contributed by atoms with Crippen LogP contribution in [0.2, 0.25) is 5.02 Å². The number of benzene rings is 1. The van der Waals surface area contributed by atoms with Crippen LogP contribution in [0, 0.1) is 0 Å². The smallest absolute Gasteiger partial charge is 0.260 e. The third-order valence-corrected chi connectivity index (χ3v) is 7.23. The molecule has 29 heavy (non-hydrogen) atoms. The van der Waals surface area contributed by atoms with Gasteiger partial charge in [-0.2, -0.15) is 0 Å². The fourth-order valence-electron chi connectivity index (χ4n) is 3.86. The van der Waals surface area contributed by atoms with Crippen molar-refractivity contribution in [2.75, 3.05) is 6.54 Å². The molecule has 1 aromatic carbocycles. The van der Waals surface area contributed by atoms with Gasteiger partial charge >= 0.3 is 0 Å². The van der Waals surface area contributed by atoms with Gasteiger partial charge in [0.1, 0.15) is 5.82 Å². The zero-order valence-corrected chi connectivity index (χ0v) is 17.7. The van der Waals surface area contributed by atoms with Gasteiger partial charge in [-0.3, -0.25) is 14.5 Å². The summed E-state index contributed by atoms with van der Waals surface area (Å²) in [5.74, 6) is 1.25. The minimum Gasteiger partial charge on any atom is -0.303 e. The first-order valence-electron chi connectivity index (χ1n) is 10.3. The van der Waals surface area contributed by atoms with Gasteiger partial charge < -0.3 is 4.57 Å². The Morgan fingerprint density at radius 3 is 2.48 bits per heavy atom. The second-order valence-electron chi connectivity index (χ2n) is 8.12. The highest BCUT2D eigenvalue weighted by Gasteiger charge is 2.39. The van der Waals surface area contributed by atoms with E-state index >= 15 is 0 Å². The summed E-state index contributed by atoms with van der Waals surface area (Å²) in [7, 11) is 0. The SMILES string of the molecule is O=C(c1ccc(Cl)cc1)N1CCCC[C@@H](Sc2nnc(C3CC3)n2C2CC2)C1=O. The van der Waals surface area contributed by atoms with Gasteiger partial charge in [0.05, 0.1) is 5.25 Å². The van der Waals surface area contributed by atoms with Crippen molar-refractivity contribution in [3.8, 4) is 0 Å². The van der Waals surface area contributed by atoms with Crippen LogP contribution in [0.4, 0.5) is 0 Å². The number of thioether (sulfide) groups is 1. The molecule has 0 unspecified atom stereocenters. The summed E-state index contributed by atoms with van der Waals surface area (Å²) in [6, 6.07) is 7.20. The van der Waals surface area contributed by atoms with Crippen molar-refractivity contribution in [1.29, 1.82) is 0 Å². The number of imide groups is 1. The Hall–Kier alpha value is -1.86. The monoisotopic (exact) mass is 430 g/mol. The maximum atomic E-state index is 13.3. The molecule has 2 saturated carbocycles. The first kappa shape index (κ1) is 19.1. The van der Waals surface area contributed by atoms with Crippen molar-refractivity contribution < 1.29 is 9.59 Å². The Kier molecular flexibility index (Phi) is 5.12. The second-order valence-corrected chi connectivity index (χ2v) is 9.73. The number of hydrogen-bond donors (Lipinski definition) is 0. The number of amides is 2. The van der Waals surface area contributed by atoms with Gasteiger partial charge in [0.2, 0.25) is 5.91 Å². The van der Waals surface area contributed by atoms with Crippen LogP contribution in [-0.4, -0.2) is 43.3 Å². The summed E-state index contributed by atoms with van der Waals surface area (Å²) in [4.78, 5) is 27.7. The molecule has 0 N–H and O–H groups in total. The van der Waals surface area contributed by atoms with Crippen LogP contribution >= 0.6 is 23.4 Å². The molecule has 3 fully saturated rings. The van der Waals surface area contributed by atoms with Crippen LogP contribution in [0.1, 0.15) is 73.1 Å². The molecular formula is C21H23ClN4O2S. The Balaban J connectivity index is 1.37. The third kappa shape index (κ3) is 3.94. The number of halogens is 1. The fraction of sp³-hybridized carbons (Fsp3) is 0.524. The van der Waals surface area contributed by atoms with E-state index in [1.807, 2.05) is 0 Å². The fourth-order valence-corrected chi connectivity index (χ4v) is 5.20. The first-order chi connectivity index (χ1) is 14.1. The van der Waals surface area contributed by atoms with E-state index < -0.39 is 0 Å². The van der Waals surface area contributed by atoms with Gasteiger partial charge in [0.15, 0.2) is 5.16 Å². The highest BCUT2D eigenvalue weighted by atomic mass is 35.5. The lowest BCUT2D eigenvalue weighted by molar-refractivity contribution is -0.127. The molecule has 5 rings (SSSR count). The molecule has 0 radical (unpaired) electrons. The van der Waals surface area contributed by atoms with Crippen molar-refractivity contribution in [2.45, 2.75) is 67.3 Å². The van der Waals surface area contributed by atoms with Gasteiger partial charge in [-0.1, -0.05) is 29.8 Å². The van der Waals surface area contributed by atoms with Crippen LogP contribution in [0.5, 0.6) is 0 Å². The molecule has 1 atom stereocenters. The van der Waals surface area contributed by atoms with Gasteiger partial charge in [-0.25, -0.2) is 0 Å². The van der Waals surface area contributed by atoms with Crippen LogP contribution in [-0.2, 0) is 4.79 Å². The number of carbonyl (C=O) groups is 2. The quantitative estimate of drug-likeness (QED) is 0.655. The highest BCUT2D eigenvalue weighted by Crippen LogP contribution is 2.46. The van der Waals surface area contributed by atoms with E-state index in [2.05, 4.69) is 14.8 Å².